The van der Waals surface area contributed by atoms with Gasteiger partial charge in [-0.15, -0.1) is 0 Å². The molecule has 1 heterocycles. The number of anilines is 1. The molecule has 1 aromatic heterocycles. The SMILES string of the molecule is Cc1c(C23CC4CC(CC(C)(C4)C2)C3)noc1N. The van der Waals surface area contributed by atoms with Crippen molar-refractivity contribution in [2.45, 2.75) is 57.8 Å². The van der Waals surface area contributed by atoms with E-state index in [1.54, 1.807) is 0 Å². The van der Waals surface area contributed by atoms with Gasteiger partial charge in [0, 0.05) is 11.0 Å². The summed E-state index contributed by atoms with van der Waals surface area (Å²) in [4.78, 5) is 0. The molecule has 0 aliphatic heterocycles. The van der Waals surface area contributed by atoms with Gasteiger partial charge in [0.05, 0.1) is 5.69 Å². The van der Waals surface area contributed by atoms with E-state index in [1.165, 1.54) is 44.2 Å². The van der Waals surface area contributed by atoms with Crippen molar-refractivity contribution in [1.82, 2.24) is 5.16 Å². The summed E-state index contributed by atoms with van der Waals surface area (Å²) >= 11 is 0. The first-order valence-electron chi connectivity index (χ1n) is 7.22. The molecule has 4 saturated carbocycles. The molecule has 1 aromatic rings. The van der Waals surface area contributed by atoms with E-state index in [4.69, 9.17) is 10.3 Å². The lowest BCUT2D eigenvalue weighted by molar-refractivity contribution is -0.0641. The fourth-order valence-electron chi connectivity index (χ4n) is 5.84. The number of rotatable bonds is 1. The smallest absolute Gasteiger partial charge is 0.225 e. The van der Waals surface area contributed by atoms with Gasteiger partial charge in [0.25, 0.3) is 0 Å². The Labute approximate surface area is 108 Å². The number of hydrogen-bond donors (Lipinski definition) is 1. The van der Waals surface area contributed by atoms with Gasteiger partial charge >= 0.3 is 0 Å². The average Bonchev–Trinajstić information content (AvgIpc) is 2.56. The number of nitrogen functional groups attached to an aromatic ring is 1. The van der Waals surface area contributed by atoms with E-state index in [0.29, 0.717) is 11.3 Å². The molecule has 0 saturated heterocycles. The van der Waals surface area contributed by atoms with E-state index < -0.39 is 0 Å². The van der Waals surface area contributed by atoms with Crippen molar-refractivity contribution in [3.05, 3.63) is 11.3 Å². The van der Waals surface area contributed by atoms with Gasteiger partial charge in [0.2, 0.25) is 5.88 Å². The molecule has 4 bridgehead atoms. The molecule has 18 heavy (non-hydrogen) atoms. The van der Waals surface area contributed by atoms with Crippen molar-refractivity contribution in [1.29, 1.82) is 0 Å². The zero-order chi connectivity index (χ0) is 12.5. The summed E-state index contributed by atoms with van der Waals surface area (Å²) in [6, 6.07) is 0. The van der Waals surface area contributed by atoms with Crippen molar-refractivity contribution >= 4 is 5.88 Å². The molecule has 98 valence electrons. The molecule has 4 aliphatic rings. The summed E-state index contributed by atoms with van der Waals surface area (Å²) in [6.07, 6.45) is 8.22. The van der Waals surface area contributed by atoms with E-state index in [-0.39, 0.29) is 5.41 Å². The minimum absolute atomic E-state index is 0.282. The van der Waals surface area contributed by atoms with E-state index in [2.05, 4.69) is 19.0 Å². The second-order valence-corrected chi connectivity index (χ2v) is 7.57. The van der Waals surface area contributed by atoms with Crippen molar-refractivity contribution in [2.24, 2.45) is 17.3 Å². The third-order valence-electron chi connectivity index (χ3n) is 5.82. The van der Waals surface area contributed by atoms with Crippen LogP contribution in [-0.4, -0.2) is 5.16 Å². The number of nitrogens with zero attached hydrogens (tertiary/aromatic N) is 1. The van der Waals surface area contributed by atoms with E-state index in [1.807, 2.05) is 0 Å². The molecular formula is C15H22N2O. The summed E-state index contributed by atoms with van der Waals surface area (Å²) in [6.45, 7) is 4.56. The molecule has 2 unspecified atom stereocenters. The Morgan fingerprint density at radius 2 is 1.89 bits per heavy atom. The zero-order valence-corrected chi connectivity index (χ0v) is 11.3. The van der Waals surface area contributed by atoms with Gasteiger partial charge < -0.3 is 10.3 Å². The molecule has 4 fully saturated rings. The summed E-state index contributed by atoms with van der Waals surface area (Å²) in [5.74, 6) is 2.34. The Bertz CT molecular complexity index is 491. The maximum absolute atomic E-state index is 5.86. The maximum atomic E-state index is 5.86. The van der Waals surface area contributed by atoms with Crippen molar-refractivity contribution in [3.63, 3.8) is 0 Å². The highest BCUT2D eigenvalue weighted by molar-refractivity contribution is 5.42. The van der Waals surface area contributed by atoms with Crippen LogP contribution < -0.4 is 5.73 Å². The van der Waals surface area contributed by atoms with Crippen LogP contribution in [0.5, 0.6) is 0 Å². The topological polar surface area (TPSA) is 52.0 Å². The second-order valence-electron chi connectivity index (χ2n) is 7.57. The lowest BCUT2D eigenvalue weighted by atomic mass is 9.44. The Morgan fingerprint density at radius 1 is 1.22 bits per heavy atom. The quantitative estimate of drug-likeness (QED) is 0.826. The molecule has 0 radical (unpaired) electrons. The van der Waals surface area contributed by atoms with E-state index >= 15 is 0 Å². The van der Waals surface area contributed by atoms with Crippen LogP contribution in [0.2, 0.25) is 0 Å². The van der Waals surface area contributed by atoms with Crippen LogP contribution in [0.3, 0.4) is 0 Å². The van der Waals surface area contributed by atoms with Gasteiger partial charge in [-0.05, 0) is 62.7 Å². The van der Waals surface area contributed by atoms with E-state index in [0.717, 1.165) is 17.4 Å². The predicted octanol–water partition coefficient (Wildman–Crippen LogP) is 3.42. The van der Waals surface area contributed by atoms with Crippen molar-refractivity contribution in [2.75, 3.05) is 5.73 Å². The molecule has 5 rings (SSSR count). The highest BCUT2D eigenvalue weighted by atomic mass is 16.5. The molecule has 2 N–H and O–H groups in total. The Kier molecular flexibility index (Phi) is 1.89. The standard InChI is InChI=1S/C15H22N2O/c1-9-12(17-18-13(9)16)15-6-10-3-11(7-15)5-14(2,4-10)8-15/h10-11H,3-8,16H2,1-2H3. The summed E-state index contributed by atoms with van der Waals surface area (Å²) in [5, 5.41) is 4.34. The number of aromatic nitrogens is 1. The van der Waals surface area contributed by atoms with Gasteiger partial charge in [-0.1, -0.05) is 12.1 Å². The van der Waals surface area contributed by atoms with Crippen LogP contribution >= 0.6 is 0 Å². The van der Waals surface area contributed by atoms with Crippen molar-refractivity contribution in [3.8, 4) is 0 Å². The molecule has 3 heteroatoms. The van der Waals surface area contributed by atoms with Gasteiger partial charge in [-0.3, -0.25) is 0 Å². The summed E-state index contributed by atoms with van der Waals surface area (Å²) < 4.78 is 5.25. The lowest BCUT2D eigenvalue weighted by Crippen LogP contribution is -2.53. The number of nitrogens with two attached hydrogens (primary N) is 1. The van der Waals surface area contributed by atoms with Gasteiger partial charge in [-0.2, -0.15) is 0 Å². The first kappa shape index (κ1) is 10.9. The fraction of sp³-hybridized carbons (Fsp3) is 0.800. The molecule has 0 aromatic carbocycles. The first-order chi connectivity index (χ1) is 8.50. The highest BCUT2D eigenvalue weighted by Gasteiger charge is 2.57. The van der Waals surface area contributed by atoms with Crippen molar-refractivity contribution < 1.29 is 4.52 Å². The Hall–Kier alpha value is -0.990. The molecule has 4 aliphatic carbocycles. The average molecular weight is 246 g/mol. The molecule has 3 nitrogen and oxygen atoms in total. The first-order valence-corrected chi connectivity index (χ1v) is 7.22. The summed E-state index contributed by atoms with van der Waals surface area (Å²) in [5.41, 5.74) is 8.97. The molecule has 0 amide bonds. The maximum Gasteiger partial charge on any atom is 0.225 e. The normalized spacial score (nSPS) is 45.7. The van der Waals surface area contributed by atoms with Crippen LogP contribution in [0.15, 0.2) is 4.52 Å². The van der Waals surface area contributed by atoms with Crippen LogP contribution in [0, 0.1) is 24.2 Å². The van der Waals surface area contributed by atoms with Gasteiger partial charge in [0.15, 0.2) is 0 Å². The van der Waals surface area contributed by atoms with Gasteiger partial charge in [0.1, 0.15) is 0 Å². The third kappa shape index (κ3) is 1.28. The van der Waals surface area contributed by atoms with Crippen LogP contribution in [0.25, 0.3) is 0 Å². The fourth-order valence-corrected chi connectivity index (χ4v) is 5.84. The predicted molar refractivity (Wildman–Crippen MR) is 70.1 cm³/mol. The minimum atomic E-state index is 0.282. The Balaban J connectivity index is 1.82. The van der Waals surface area contributed by atoms with E-state index in [9.17, 15) is 0 Å². The Morgan fingerprint density at radius 3 is 2.39 bits per heavy atom. The third-order valence-corrected chi connectivity index (χ3v) is 5.82. The summed E-state index contributed by atoms with van der Waals surface area (Å²) in [7, 11) is 0. The largest absolute Gasteiger partial charge is 0.367 e. The monoisotopic (exact) mass is 246 g/mol. The van der Waals surface area contributed by atoms with Crippen LogP contribution in [-0.2, 0) is 5.41 Å². The molecule has 2 atom stereocenters. The number of hydrogen-bond acceptors (Lipinski definition) is 3. The molecular weight excluding hydrogens is 224 g/mol. The minimum Gasteiger partial charge on any atom is -0.367 e. The zero-order valence-electron chi connectivity index (χ0n) is 11.3. The van der Waals surface area contributed by atoms with Crippen LogP contribution in [0.4, 0.5) is 5.88 Å². The molecule has 0 spiro atoms. The lowest BCUT2D eigenvalue weighted by Gasteiger charge is -2.60. The van der Waals surface area contributed by atoms with Crippen LogP contribution in [0.1, 0.15) is 56.7 Å². The van der Waals surface area contributed by atoms with Gasteiger partial charge in [-0.25, -0.2) is 0 Å². The highest BCUT2D eigenvalue weighted by Crippen LogP contribution is 2.65. The second kappa shape index (κ2) is 3.12.